The molecule has 0 bridgehead atoms. The predicted octanol–water partition coefficient (Wildman–Crippen LogP) is 32.7. The van der Waals surface area contributed by atoms with Crippen LogP contribution in [0.2, 0.25) is 0 Å². The maximum absolute atomic E-state index is 12.5. The van der Waals surface area contributed by atoms with Crippen molar-refractivity contribution in [1.29, 1.82) is 0 Å². The molecule has 15 nitrogen and oxygen atoms in total. The number of fused-ring (bicyclic) bond motifs is 15. The summed E-state index contributed by atoms with van der Waals surface area (Å²) >= 11 is 0. The number of carbonyl (C=O) groups excluding carboxylic acids is 1. The van der Waals surface area contributed by atoms with Crippen molar-refractivity contribution in [3.05, 3.63) is 432 Å². The average molecular weight is 2020 g/mol. The molecule has 25 rings (SSSR count). The molecule has 0 radical (unpaired) electrons. The zero-order valence-electron chi connectivity index (χ0n) is 80.1. The van der Waals surface area contributed by atoms with E-state index in [2.05, 4.69) is 346 Å². The molecule has 8 aromatic heterocycles. The van der Waals surface area contributed by atoms with Gasteiger partial charge in [0.1, 0.15) is 50.4 Å². The van der Waals surface area contributed by atoms with Crippen LogP contribution in [-0.4, -0.2) is 46.5 Å². The van der Waals surface area contributed by atoms with E-state index in [-0.39, 0.29) is 20.1 Å². The van der Waals surface area contributed by atoms with E-state index < -0.39 is 6.16 Å². The second-order valence-electron chi connectivity index (χ2n) is 36.5. The molecule has 0 N–H and O–H groups in total. The van der Waals surface area contributed by atoms with Gasteiger partial charge in [-0.1, -0.05) is 143 Å². The fraction of sp³-hybridized carbons (Fsp3) is 0.104. The second kappa shape index (κ2) is 37.5. The first kappa shape index (κ1) is 90.6. The van der Waals surface area contributed by atoms with E-state index in [0.717, 1.165) is 172 Å². The summed E-state index contributed by atoms with van der Waals surface area (Å²) in [4.78, 5) is 26.0. The van der Waals surface area contributed by atoms with Crippen LogP contribution in [0.4, 0.5) is 4.79 Å². The molecule has 0 atom stereocenters. The number of aromatic nitrogens is 7. The van der Waals surface area contributed by atoms with Gasteiger partial charge in [-0.25, -0.2) is 4.79 Å². The number of hydrogen-bond acceptors (Lipinski definition) is 11. The van der Waals surface area contributed by atoms with E-state index in [4.69, 9.17) is 31.9 Å². The SMILES string of the molecule is COc1c[c-]c(-c2nccn2-c2c(C)cc(C)cc2C)cc1.Cc1cc(C)c(-n2ccnc2-c2[c-]cc(OC(=O)Oc3ccc4c(c3)oc3ccc(C)cc34)cc2)c(C)c1.Cc1cc(C)c(-n2ccnc2-c2[c-]cccc2)c(C)c1.Cc1ccc2oc3ccc(-c4ccc5oc6cc(-c7ccc8c(c7)c7cc(-c9ccc%10oc%11ccc(C)cc%11c%10c9)ccc7n8-c7ccccc7)ccc6c5c4)cc3c2c1.[Ir+3]. The minimum atomic E-state index is -0.843. The molecular weight excluding hydrogens is 1920 g/mol. The predicted molar refractivity (Wildman–Crippen MR) is 566 cm³/mol. The molecule has 0 saturated heterocycles. The summed E-state index contributed by atoms with van der Waals surface area (Å²) in [5, 5.41) is 11.2. The largest absolute Gasteiger partial charge is 3.00 e. The number of methoxy groups -OCH3 is 1. The van der Waals surface area contributed by atoms with Crippen molar-refractivity contribution >= 4 is 116 Å². The fourth-order valence-corrected chi connectivity index (χ4v) is 20.2. The number of nitrogens with zero attached hydrogens (tertiary/aromatic N) is 7. The summed E-state index contributed by atoms with van der Waals surface area (Å²) in [6, 6.07) is 116. The normalized spacial score (nSPS) is 11.4. The number of para-hydroxylation sites is 1. The van der Waals surface area contributed by atoms with Crippen molar-refractivity contribution in [2.45, 2.75) is 83.1 Å². The Kier molecular flexibility index (Phi) is 24.1. The van der Waals surface area contributed by atoms with Gasteiger partial charge < -0.3 is 50.1 Å². The Balaban J connectivity index is 0.000000124. The molecule has 141 heavy (non-hydrogen) atoms. The number of carbonyl (C=O) groups is 1. The summed E-state index contributed by atoms with van der Waals surface area (Å²) in [6.07, 6.45) is 10.5. The molecule has 0 aliphatic carbocycles. The van der Waals surface area contributed by atoms with Crippen LogP contribution in [0, 0.1) is 101 Å². The molecule has 16 heteroatoms. The van der Waals surface area contributed by atoms with Crippen LogP contribution < -0.4 is 14.2 Å². The number of rotatable bonds is 13. The third-order valence-electron chi connectivity index (χ3n) is 26.3. The molecule has 0 spiro atoms. The monoisotopic (exact) mass is 2020 g/mol. The van der Waals surface area contributed by atoms with Crippen molar-refractivity contribution in [2.75, 3.05) is 7.11 Å². The molecule has 25 aromatic rings. The van der Waals surface area contributed by atoms with Gasteiger partial charge in [-0.2, -0.15) is 0 Å². The average Bonchev–Trinajstić information content (AvgIpc) is 1.58. The van der Waals surface area contributed by atoms with Crippen molar-refractivity contribution in [3.8, 4) is 108 Å². The van der Waals surface area contributed by atoms with E-state index in [0.29, 0.717) is 17.1 Å². The summed E-state index contributed by atoms with van der Waals surface area (Å²) < 4.78 is 49.5. The van der Waals surface area contributed by atoms with Crippen molar-refractivity contribution < 1.29 is 56.8 Å². The zero-order valence-corrected chi connectivity index (χ0v) is 82.5. The fourth-order valence-electron chi connectivity index (χ4n) is 20.2. The first-order valence-corrected chi connectivity index (χ1v) is 46.8. The molecule has 0 saturated carbocycles. The second-order valence-corrected chi connectivity index (χ2v) is 36.5. The molecule has 8 heterocycles. The summed E-state index contributed by atoms with van der Waals surface area (Å²) in [6.45, 7) is 25.4. The minimum Gasteiger partial charge on any atom is -0.540 e. The topological polar surface area (TPSA) is 156 Å². The van der Waals surface area contributed by atoms with Crippen LogP contribution in [0.25, 0.3) is 200 Å². The quantitative estimate of drug-likeness (QED) is 0.0615. The molecule has 0 unspecified atom stereocenters. The number of aryl methyl sites for hydroxylation is 12. The minimum absolute atomic E-state index is 0. The van der Waals surface area contributed by atoms with Crippen molar-refractivity contribution in [3.63, 3.8) is 0 Å². The van der Waals surface area contributed by atoms with Crippen molar-refractivity contribution in [1.82, 2.24) is 33.2 Å². The molecule has 0 amide bonds. The van der Waals surface area contributed by atoms with E-state index >= 15 is 0 Å². The van der Waals surface area contributed by atoms with Gasteiger partial charge in [-0.3, -0.25) is 15.0 Å². The number of imidazole rings is 3. The Morgan fingerprint density at radius 2 is 0.617 bits per heavy atom. The molecule has 17 aromatic carbocycles. The Morgan fingerprint density at radius 3 is 1.03 bits per heavy atom. The zero-order chi connectivity index (χ0) is 95.8. The van der Waals surface area contributed by atoms with Gasteiger partial charge in [0.15, 0.2) is 0 Å². The summed E-state index contributed by atoms with van der Waals surface area (Å²) in [5.74, 6) is 4.02. The van der Waals surface area contributed by atoms with E-state index in [1.54, 1.807) is 37.6 Å². The van der Waals surface area contributed by atoms with Gasteiger partial charge in [-0.15, -0.1) is 95.6 Å². The Morgan fingerprint density at radius 1 is 0.284 bits per heavy atom. The van der Waals surface area contributed by atoms with Gasteiger partial charge in [0.2, 0.25) is 0 Å². The maximum Gasteiger partial charge on any atom is 3.00 e. The number of ether oxygens (including phenoxy) is 3. The van der Waals surface area contributed by atoms with E-state index in [1.807, 2.05) is 105 Å². The number of benzene rings is 17. The van der Waals surface area contributed by atoms with Crippen LogP contribution >= 0.6 is 0 Å². The van der Waals surface area contributed by atoms with Crippen LogP contribution in [0.5, 0.6) is 17.2 Å². The van der Waals surface area contributed by atoms with Crippen molar-refractivity contribution in [2.24, 2.45) is 0 Å². The summed E-state index contributed by atoms with van der Waals surface area (Å²) in [7, 11) is 1.66. The Hall–Kier alpha value is -16.9. The first-order valence-electron chi connectivity index (χ1n) is 46.8. The molecule has 688 valence electrons. The molecule has 0 fully saturated rings. The van der Waals surface area contributed by atoms with Gasteiger partial charge in [-0.05, 0) is 283 Å². The molecular formula is C125H96IrN7O8. The summed E-state index contributed by atoms with van der Waals surface area (Å²) in [5.41, 5.74) is 38.1. The smallest absolute Gasteiger partial charge is 0.540 e. The first-order chi connectivity index (χ1) is 68.1. The van der Waals surface area contributed by atoms with Gasteiger partial charge in [0.05, 0.1) is 41.4 Å². The van der Waals surface area contributed by atoms with Gasteiger partial charge in [0, 0.05) is 126 Å². The Bertz CT molecular complexity index is 9090. The van der Waals surface area contributed by atoms with Gasteiger partial charge in [0.25, 0.3) is 0 Å². The maximum atomic E-state index is 12.5. The van der Waals surface area contributed by atoms with Crippen LogP contribution in [0.15, 0.2) is 364 Å². The third kappa shape index (κ3) is 17.5. The molecule has 0 aliphatic rings. The van der Waals surface area contributed by atoms with Crippen LogP contribution in [0.3, 0.4) is 0 Å². The van der Waals surface area contributed by atoms with E-state index in [9.17, 15) is 4.79 Å². The van der Waals surface area contributed by atoms with Gasteiger partial charge >= 0.3 is 26.3 Å². The molecule has 0 aliphatic heterocycles. The van der Waals surface area contributed by atoms with E-state index in [1.165, 1.54) is 94.4 Å². The standard InChI is InChI=1S/C56H35NO3.C32H25N2O4.C19H19N2O.C18H17N2.Ir/c1-32-8-19-51-44(24-32)47-29-37(14-22-54(47)58-51)34-11-17-49-42(26-34)43-27-35(12-18-50(43)57(49)40-6-4-3-5-7-40)39-10-16-41-46-28-36(13-21-53(46)60-56(41)31-39)38-15-23-55-48(30-38)45-25-33(2)9-20-52(45)59-55;1-19-5-12-28-27(17-19)26-11-10-25(18-29(26)38-28)37-32(35)36-24-8-6-23(7-9-24)31-33-13-14-34(31)30-21(3)15-20(2)16-22(30)4;1-13-11-14(2)18(15(3)12-13)21-10-9-20-19(21)16-5-7-17(22-4)8-6-16;1-13-11-14(2)17(15(3)12-13)20-10-9-19-18(20)16-7-5-4-6-8-16;/h3-31H,1-2H3;5-6,8-18H,1-4H3;5,7-12H,1-4H3;4-7,9-12H,1-3H3;/q;3*-1;+3. The third-order valence-corrected chi connectivity index (χ3v) is 26.3. The number of hydrogen-bond donors (Lipinski definition) is 0. The number of furan rings is 4. The Labute approximate surface area is 829 Å². The van der Waals surface area contributed by atoms with Crippen LogP contribution in [-0.2, 0) is 20.1 Å². The van der Waals surface area contributed by atoms with Crippen LogP contribution in [0.1, 0.15) is 66.8 Å².